The highest BCUT2D eigenvalue weighted by Gasteiger charge is 2.22. The second kappa shape index (κ2) is 10.3. The number of rotatable bonds is 7. The summed E-state index contributed by atoms with van der Waals surface area (Å²) in [6.07, 6.45) is 0. The van der Waals surface area contributed by atoms with Gasteiger partial charge in [0.25, 0.3) is 0 Å². The van der Waals surface area contributed by atoms with Gasteiger partial charge in [-0.2, -0.15) is 4.31 Å². The number of halogens is 2. The van der Waals surface area contributed by atoms with Gasteiger partial charge in [0.05, 0.1) is 11.4 Å². The summed E-state index contributed by atoms with van der Waals surface area (Å²) in [5.74, 6) is -0.315. The van der Waals surface area contributed by atoms with Gasteiger partial charge in [-0.1, -0.05) is 11.6 Å². The molecule has 7 nitrogen and oxygen atoms in total. The van der Waals surface area contributed by atoms with Gasteiger partial charge in [-0.25, -0.2) is 8.42 Å². The third-order valence-corrected chi connectivity index (χ3v) is 5.92. The quantitative estimate of drug-likeness (QED) is 0.679. The SMILES string of the molecule is CN(CC(=O)NCCN1CCNCC1)S(=O)(=O)c1ccc(Cl)cc1.Cl. The van der Waals surface area contributed by atoms with Crippen LogP contribution in [0.1, 0.15) is 0 Å². The first kappa shape index (κ1) is 22.1. The molecule has 0 aliphatic carbocycles. The van der Waals surface area contributed by atoms with Crippen LogP contribution < -0.4 is 10.6 Å². The normalized spacial score (nSPS) is 15.6. The maximum atomic E-state index is 12.4. The molecule has 1 aliphatic heterocycles. The summed E-state index contributed by atoms with van der Waals surface area (Å²) in [4.78, 5) is 14.3. The van der Waals surface area contributed by atoms with Crippen molar-refractivity contribution in [2.75, 3.05) is 52.9 Å². The Labute approximate surface area is 160 Å². The molecule has 2 N–H and O–H groups in total. The fourth-order valence-corrected chi connectivity index (χ4v) is 3.67. The molecule has 1 aliphatic rings. The predicted octanol–water partition coefficient (Wildman–Crippen LogP) is 0.404. The molecule has 0 bridgehead atoms. The predicted molar refractivity (Wildman–Crippen MR) is 101 cm³/mol. The van der Waals surface area contributed by atoms with Crippen LogP contribution in [-0.2, 0) is 14.8 Å². The molecule has 2 rings (SSSR count). The van der Waals surface area contributed by atoms with E-state index in [-0.39, 0.29) is 29.8 Å². The third kappa shape index (κ3) is 6.73. The third-order valence-electron chi connectivity index (χ3n) is 3.85. The zero-order valence-electron chi connectivity index (χ0n) is 14.1. The molecule has 0 radical (unpaired) electrons. The Kier molecular flexibility index (Phi) is 9.12. The molecular weight excluding hydrogens is 387 g/mol. The minimum Gasteiger partial charge on any atom is -0.354 e. The zero-order chi connectivity index (χ0) is 17.6. The number of amides is 1. The number of likely N-dealkylation sites (N-methyl/N-ethyl adjacent to an activating group) is 1. The Bertz CT molecular complexity index is 649. The number of nitrogens with zero attached hydrogens (tertiary/aromatic N) is 2. The maximum Gasteiger partial charge on any atom is 0.243 e. The minimum atomic E-state index is -3.70. The van der Waals surface area contributed by atoms with Crippen LogP contribution in [0.25, 0.3) is 0 Å². The van der Waals surface area contributed by atoms with Gasteiger partial charge in [0, 0.05) is 51.3 Å². The van der Waals surface area contributed by atoms with Gasteiger partial charge < -0.3 is 10.6 Å². The van der Waals surface area contributed by atoms with E-state index in [0.29, 0.717) is 11.6 Å². The van der Waals surface area contributed by atoms with Crippen molar-refractivity contribution in [3.63, 3.8) is 0 Å². The molecule has 142 valence electrons. The Morgan fingerprint density at radius 2 is 1.88 bits per heavy atom. The second-order valence-corrected chi connectivity index (χ2v) is 8.14. The summed E-state index contributed by atoms with van der Waals surface area (Å²) >= 11 is 5.77. The number of benzene rings is 1. The van der Waals surface area contributed by atoms with E-state index >= 15 is 0 Å². The molecule has 1 saturated heterocycles. The molecule has 0 spiro atoms. The molecule has 0 saturated carbocycles. The molecule has 1 amide bonds. The summed E-state index contributed by atoms with van der Waals surface area (Å²) in [7, 11) is -2.31. The lowest BCUT2D eigenvalue weighted by atomic mass is 10.3. The van der Waals surface area contributed by atoms with Gasteiger partial charge in [-0.15, -0.1) is 12.4 Å². The molecule has 25 heavy (non-hydrogen) atoms. The Hall–Kier alpha value is -0.900. The highest BCUT2D eigenvalue weighted by molar-refractivity contribution is 7.89. The van der Waals surface area contributed by atoms with Crippen LogP contribution in [0.2, 0.25) is 5.02 Å². The highest BCUT2D eigenvalue weighted by Crippen LogP contribution is 2.17. The van der Waals surface area contributed by atoms with Crippen molar-refractivity contribution >= 4 is 39.9 Å². The Balaban J connectivity index is 0.00000312. The standard InChI is InChI=1S/C15H23ClN4O3S.ClH/c1-19(24(22,23)14-4-2-13(16)3-5-14)12-15(21)18-8-11-20-9-6-17-7-10-20;/h2-5,17H,6-12H2,1H3,(H,18,21);1H. The average molecular weight is 411 g/mol. The van der Waals surface area contributed by atoms with Crippen molar-refractivity contribution in [1.29, 1.82) is 0 Å². The van der Waals surface area contributed by atoms with Gasteiger partial charge >= 0.3 is 0 Å². The summed E-state index contributed by atoms with van der Waals surface area (Å²) in [5, 5.41) is 6.49. The van der Waals surface area contributed by atoms with E-state index in [1.54, 1.807) is 0 Å². The minimum absolute atomic E-state index is 0. The molecule has 1 heterocycles. The van der Waals surface area contributed by atoms with Crippen molar-refractivity contribution in [1.82, 2.24) is 19.8 Å². The van der Waals surface area contributed by atoms with Crippen LogP contribution in [0.5, 0.6) is 0 Å². The van der Waals surface area contributed by atoms with Crippen LogP contribution in [-0.4, -0.2) is 76.4 Å². The van der Waals surface area contributed by atoms with Crippen LogP contribution in [0.4, 0.5) is 0 Å². The first-order valence-electron chi connectivity index (χ1n) is 7.81. The lowest BCUT2D eigenvalue weighted by molar-refractivity contribution is -0.121. The number of nitrogens with one attached hydrogen (secondary N) is 2. The van der Waals surface area contributed by atoms with E-state index in [1.807, 2.05) is 0 Å². The van der Waals surface area contributed by atoms with Gasteiger partial charge in [-0.05, 0) is 24.3 Å². The number of piperazine rings is 1. The monoisotopic (exact) mass is 410 g/mol. The fraction of sp³-hybridized carbons (Fsp3) is 0.533. The maximum absolute atomic E-state index is 12.4. The lowest BCUT2D eigenvalue weighted by Crippen LogP contribution is -2.47. The van der Waals surface area contributed by atoms with Crippen molar-refractivity contribution in [2.45, 2.75) is 4.90 Å². The highest BCUT2D eigenvalue weighted by atomic mass is 35.5. The van der Waals surface area contributed by atoms with Crippen LogP contribution in [0, 0.1) is 0 Å². The van der Waals surface area contributed by atoms with Gasteiger partial charge in [0.2, 0.25) is 15.9 Å². The average Bonchev–Trinajstić information content (AvgIpc) is 2.56. The summed E-state index contributed by atoms with van der Waals surface area (Å²) in [6.45, 7) is 4.88. The fourth-order valence-electron chi connectivity index (χ4n) is 2.42. The van der Waals surface area contributed by atoms with Gasteiger partial charge in [-0.3, -0.25) is 9.69 Å². The molecular formula is C15H24Cl2N4O3S. The zero-order valence-corrected chi connectivity index (χ0v) is 16.5. The molecule has 0 aromatic heterocycles. The van der Waals surface area contributed by atoms with Crippen molar-refractivity contribution < 1.29 is 13.2 Å². The number of sulfonamides is 1. The van der Waals surface area contributed by atoms with Crippen LogP contribution in [0.15, 0.2) is 29.2 Å². The van der Waals surface area contributed by atoms with E-state index in [4.69, 9.17) is 11.6 Å². The van der Waals surface area contributed by atoms with E-state index in [9.17, 15) is 13.2 Å². The first-order chi connectivity index (χ1) is 11.4. The van der Waals surface area contributed by atoms with E-state index in [1.165, 1.54) is 31.3 Å². The topological polar surface area (TPSA) is 81.8 Å². The van der Waals surface area contributed by atoms with Gasteiger partial charge in [0.1, 0.15) is 0 Å². The Morgan fingerprint density at radius 3 is 2.48 bits per heavy atom. The van der Waals surface area contributed by atoms with E-state index < -0.39 is 10.0 Å². The Morgan fingerprint density at radius 1 is 1.28 bits per heavy atom. The second-order valence-electron chi connectivity index (χ2n) is 5.66. The largest absolute Gasteiger partial charge is 0.354 e. The summed E-state index contributed by atoms with van der Waals surface area (Å²) in [6, 6.07) is 5.87. The van der Waals surface area contributed by atoms with Crippen LogP contribution in [0.3, 0.4) is 0 Å². The molecule has 0 unspecified atom stereocenters. The summed E-state index contributed by atoms with van der Waals surface area (Å²) < 4.78 is 25.8. The molecule has 10 heteroatoms. The molecule has 1 fully saturated rings. The molecule has 1 aromatic rings. The van der Waals surface area contributed by atoms with Crippen LogP contribution >= 0.6 is 24.0 Å². The number of carbonyl (C=O) groups is 1. The number of carbonyl (C=O) groups excluding carboxylic acids is 1. The number of hydrogen-bond acceptors (Lipinski definition) is 5. The molecule has 1 aromatic carbocycles. The molecule has 0 atom stereocenters. The first-order valence-corrected chi connectivity index (χ1v) is 9.63. The smallest absolute Gasteiger partial charge is 0.243 e. The summed E-state index contributed by atoms with van der Waals surface area (Å²) in [5.41, 5.74) is 0. The van der Waals surface area contributed by atoms with Gasteiger partial charge in [0.15, 0.2) is 0 Å². The van der Waals surface area contributed by atoms with E-state index in [0.717, 1.165) is 37.0 Å². The van der Waals surface area contributed by atoms with Crippen molar-refractivity contribution in [3.05, 3.63) is 29.3 Å². The lowest BCUT2D eigenvalue weighted by Gasteiger charge is -2.27. The van der Waals surface area contributed by atoms with Crippen molar-refractivity contribution in [2.24, 2.45) is 0 Å². The van der Waals surface area contributed by atoms with Crippen molar-refractivity contribution in [3.8, 4) is 0 Å². The van der Waals surface area contributed by atoms with E-state index in [2.05, 4.69) is 15.5 Å². The number of hydrogen-bond donors (Lipinski definition) is 2.